The van der Waals surface area contributed by atoms with Crippen molar-refractivity contribution in [3.63, 3.8) is 0 Å². The van der Waals surface area contributed by atoms with Crippen molar-refractivity contribution in [2.75, 3.05) is 27.2 Å². The third-order valence-corrected chi connectivity index (χ3v) is 9.10. The number of carbonyl (C=O) groups excluding carboxylic acids is 1. The Bertz CT molecular complexity index is 1350. The average molecular weight is 522 g/mol. The zero-order valence-corrected chi connectivity index (χ0v) is 21.1. The van der Waals surface area contributed by atoms with Gasteiger partial charge in [-0.1, -0.05) is 47.5 Å². The van der Waals surface area contributed by atoms with Crippen LogP contribution in [0.3, 0.4) is 0 Å². The lowest BCUT2D eigenvalue weighted by Crippen LogP contribution is -2.34. The summed E-state index contributed by atoms with van der Waals surface area (Å²) in [5, 5.41) is 1.37. The lowest BCUT2D eigenvalue weighted by molar-refractivity contribution is 0.0828. The molecular formula is C23H21Cl2N3O3S2. The predicted octanol–water partition coefficient (Wildman–Crippen LogP) is 5.30. The molecule has 0 N–H and O–H groups in total. The summed E-state index contributed by atoms with van der Waals surface area (Å²) in [6.45, 7) is 0.628. The third-order valence-electron chi connectivity index (χ3n) is 5.30. The van der Waals surface area contributed by atoms with Gasteiger partial charge in [-0.3, -0.25) is 4.79 Å². The van der Waals surface area contributed by atoms with Gasteiger partial charge in [-0.2, -0.15) is 4.31 Å². The van der Waals surface area contributed by atoms with E-state index in [1.165, 1.54) is 26.6 Å². The van der Waals surface area contributed by atoms with Crippen LogP contribution in [0.25, 0.3) is 16.1 Å². The highest BCUT2D eigenvalue weighted by Gasteiger charge is 2.28. The maximum Gasteiger partial charge on any atom is 0.254 e. The Morgan fingerprint density at radius 1 is 1.12 bits per heavy atom. The molecule has 0 saturated heterocycles. The first-order valence-corrected chi connectivity index (χ1v) is 13.1. The van der Waals surface area contributed by atoms with Crippen molar-refractivity contribution in [2.45, 2.75) is 11.3 Å². The lowest BCUT2D eigenvalue weighted by Gasteiger charge is -2.25. The number of nitrogens with zero attached hydrogens (tertiary/aromatic N) is 3. The minimum Gasteiger partial charge on any atom is -0.345 e. The van der Waals surface area contributed by atoms with Crippen molar-refractivity contribution in [2.24, 2.45) is 0 Å². The van der Waals surface area contributed by atoms with Gasteiger partial charge in [-0.25, -0.2) is 13.4 Å². The highest BCUT2D eigenvalue weighted by Crippen LogP contribution is 2.35. The first kappa shape index (κ1) is 23.9. The highest BCUT2D eigenvalue weighted by atomic mass is 35.5. The molecule has 0 unspecified atom stereocenters. The number of halogens is 2. The molecule has 2 aromatic carbocycles. The van der Waals surface area contributed by atoms with Crippen LogP contribution in [0, 0.1) is 0 Å². The number of benzene rings is 2. The molecule has 0 radical (unpaired) electrons. The van der Waals surface area contributed by atoms with Gasteiger partial charge in [0.2, 0.25) is 10.0 Å². The van der Waals surface area contributed by atoms with Crippen LogP contribution in [0.15, 0.2) is 59.6 Å². The van der Waals surface area contributed by atoms with Crippen molar-refractivity contribution in [3.8, 4) is 10.6 Å². The second-order valence-electron chi connectivity index (χ2n) is 7.70. The SMILES string of the molecule is CN(C)C(=O)c1ccc(-c2ncc(C3=CCN(S(=O)(=O)c4ccccc4Cl)CC3)s2)cc1Cl. The first-order chi connectivity index (χ1) is 15.7. The van der Waals surface area contributed by atoms with E-state index in [4.69, 9.17) is 23.2 Å². The number of rotatable bonds is 5. The van der Waals surface area contributed by atoms with E-state index < -0.39 is 10.0 Å². The van der Waals surface area contributed by atoms with Gasteiger partial charge in [-0.05, 0) is 36.3 Å². The van der Waals surface area contributed by atoms with Gasteiger partial charge in [0.15, 0.2) is 0 Å². The molecule has 1 aliphatic rings. The molecule has 2 heterocycles. The molecular weight excluding hydrogens is 501 g/mol. The van der Waals surface area contributed by atoms with E-state index in [0.29, 0.717) is 23.6 Å². The average Bonchev–Trinajstić information content (AvgIpc) is 3.29. The van der Waals surface area contributed by atoms with Crippen molar-refractivity contribution < 1.29 is 13.2 Å². The van der Waals surface area contributed by atoms with Gasteiger partial charge in [0.25, 0.3) is 5.91 Å². The number of aromatic nitrogens is 1. The second-order valence-corrected chi connectivity index (χ2v) is 11.4. The van der Waals surface area contributed by atoms with Crippen LogP contribution >= 0.6 is 34.5 Å². The topological polar surface area (TPSA) is 70.6 Å². The highest BCUT2D eigenvalue weighted by molar-refractivity contribution is 7.89. The molecule has 1 aromatic heterocycles. The van der Waals surface area contributed by atoms with E-state index in [1.807, 2.05) is 12.1 Å². The number of hydrogen-bond acceptors (Lipinski definition) is 5. The van der Waals surface area contributed by atoms with E-state index in [1.54, 1.807) is 50.6 Å². The van der Waals surface area contributed by atoms with Gasteiger partial charge < -0.3 is 4.90 Å². The number of hydrogen-bond donors (Lipinski definition) is 0. The molecule has 0 saturated carbocycles. The van der Waals surface area contributed by atoms with Gasteiger partial charge in [0.1, 0.15) is 9.90 Å². The smallest absolute Gasteiger partial charge is 0.254 e. The van der Waals surface area contributed by atoms with Crippen molar-refractivity contribution in [1.82, 2.24) is 14.2 Å². The number of sulfonamides is 1. The summed E-state index contributed by atoms with van der Waals surface area (Å²) in [5.74, 6) is -0.157. The molecule has 4 rings (SSSR count). The fraction of sp³-hybridized carbons (Fsp3) is 0.217. The van der Waals surface area contributed by atoms with Crippen molar-refractivity contribution in [3.05, 3.63) is 75.2 Å². The third kappa shape index (κ3) is 4.85. The van der Waals surface area contributed by atoms with Gasteiger partial charge in [0, 0.05) is 38.9 Å². The molecule has 33 heavy (non-hydrogen) atoms. The van der Waals surface area contributed by atoms with Crippen LogP contribution in [0.4, 0.5) is 0 Å². The maximum absolute atomic E-state index is 13.0. The summed E-state index contributed by atoms with van der Waals surface area (Å²) in [4.78, 5) is 19.3. The molecule has 10 heteroatoms. The molecule has 1 aliphatic heterocycles. The van der Waals surface area contributed by atoms with Gasteiger partial charge in [-0.15, -0.1) is 11.3 Å². The van der Waals surface area contributed by atoms with Gasteiger partial charge in [0.05, 0.1) is 20.5 Å². The maximum atomic E-state index is 13.0. The minimum atomic E-state index is -3.66. The molecule has 1 amide bonds. The van der Waals surface area contributed by atoms with Crippen LogP contribution in [0.5, 0.6) is 0 Å². The number of thiazole rings is 1. The normalized spacial score (nSPS) is 14.7. The minimum absolute atomic E-state index is 0.122. The van der Waals surface area contributed by atoms with E-state index in [-0.39, 0.29) is 22.4 Å². The van der Waals surface area contributed by atoms with Crippen LogP contribution < -0.4 is 0 Å². The Morgan fingerprint density at radius 3 is 2.52 bits per heavy atom. The monoisotopic (exact) mass is 521 g/mol. The number of amides is 1. The Kier molecular flexibility index (Phi) is 6.93. The Labute approximate surface area is 207 Å². The second kappa shape index (κ2) is 9.56. The standard InChI is InChI=1S/C23H21Cl2N3O3S2/c1-27(2)23(29)17-8-7-16(13-19(17)25)22-26-14-20(32-22)15-9-11-28(12-10-15)33(30,31)21-6-4-3-5-18(21)24/h3-9,13-14H,10-12H2,1-2H3. The summed E-state index contributed by atoms with van der Waals surface area (Å²) in [5.41, 5.74) is 2.32. The Morgan fingerprint density at radius 2 is 1.88 bits per heavy atom. The fourth-order valence-corrected chi connectivity index (χ4v) is 6.62. The molecule has 6 nitrogen and oxygen atoms in total. The fourth-order valence-electron chi connectivity index (χ4n) is 3.50. The van der Waals surface area contributed by atoms with Crippen LogP contribution in [0.1, 0.15) is 21.7 Å². The Balaban J connectivity index is 1.52. The molecule has 0 atom stereocenters. The van der Waals surface area contributed by atoms with Gasteiger partial charge >= 0.3 is 0 Å². The first-order valence-electron chi connectivity index (χ1n) is 10.1. The largest absolute Gasteiger partial charge is 0.345 e. The zero-order chi connectivity index (χ0) is 23.8. The molecule has 0 bridgehead atoms. The quantitative estimate of drug-likeness (QED) is 0.456. The van der Waals surface area contributed by atoms with E-state index in [0.717, 1.165) is 21.0 Å². The van der Waals surface area contributed by atoms with Crippen molar-refractivity contribution in [1.29, 1.82) is 0 Å². The zero-order valence-electron chi connectivity index (χ0n) is 18.0. The van der Waals surface area contributed by atoms with E-state index in [2.05, 4.69) is 4.98 Å². The molecule has 172 valence electrons. The van der Waals surface area contributed by atoms with Crippen molar-refractivity contribution >= 4 is 56.0 Å². The lowest BCUT2D eigenvalue weighted by atomic mass is 10.1. The summed E-state index contributed by atoms with van der Waals surface area (Å²) >= 11 is 14.0. The Hall–Kier alpha value is -2.23. The van der Waals surface area contributed by atoms with E-state index in [9.17, 15) is 13.2 Å². The molecule has 0 aliphatic carbocycles. The molecule has 0 fully saturated rings. The summed E-state index contributed by atoms with van der Waals surface area (Å²) in [6, 6.07) is 11.8. The summed E-state index contributed by atoms with van der Waals surface area (Å²) in [6.07, 6.45) is 4.28. The summed E-state index contributed by atoms with van der Waals surface area (Å²) in [7, 11) is -0.301. The number of carbonyl (C=O) groups is 1. The molecule has 0 spiro atoms. The molecule has 3 aromatic rings. The van der Waals surface area contributed by atoms with Crippen LogP contribution in [-0.2, 0) is 10.0 Å². The van der Waals surface area contributed by atoms with Crippen LogP contribution in [0.2, 0.25) is 10.0 Å². The van der Waals surface area contributed by atoms with E-state index >= 15 is 0 Å². The van der Waals surface area contributed by atoms with Crippen LogP contribution in [-0.4, -0.2) is 55.7 Å². The predicted molar refractivity (Wildman–Crippen MR) is 133 cm³/mol. The summed E-state index contributed by atoms with van der Waals surface area (Å²) < 4.78 is 27.3.